The molecule has 1 rings (SSSR count). The Bertz CT molecular complexity index is 400. The van der Waals surface area contributed by atoms with Gasteiger partial charge >= 0.3 is 11.8 Å². The summed E-state index contributed by atoms with van der Waals surface area (Å²) in [5.74, 6) is -0.447. The maximum absolute atomic E-state index is 11.2. The van der Waals surface area contributed by atoms with Crippen molar-refractivity contribution in [3.8, 4) is 0 Å². The van der Waals surface area contributed by atoms with Gasteiger partial charge in [-0.3, -0.25) is 9.59 Å². The number of rotatable bonds is 4. The van der Waals surface area contributed by atoms with Crippen molar-refractivity contribution in [2.45, 2.75) is 20.0 Å². The molecule has 1 aromatic heterocycles. The minimum Gasteiger partial charge on any atom is -0.464 e. The summed E-state index contributed by atoms with van der Waals surface area (Å²) in [6.45, 7) is 3.78. The molecule has 0 aromatic carbocycles. The number of nitrogens with one attached hydrogen (secondary N) is 2. The normalized spacial score (nSPS) is 11.9. The largest absolute Gasteiger partial charge is 0.464 e. The van der Waals surface area contributed by atoms with Crippen molar-refractivity contribution in [1.29, 1.82) is 0 Å². The summed E-state index contributed by atoms with van der Waals surface area (Å²) < 4.78 is 5.18. The monoisotopic (exact) mass is 240 g/mol. The molecule has 6 nitrogen and oxygen atoms in total. The van der Waals surface area contributed by atoms with E-state index in [-0.39, 0.29) is 6.54 Å². The summed E-state index contributed by atoms with van der Waals surface area (Å²) in [4.78, 5) is 22.3. The van der Waals surface area contributed by atoms with Crippen molar-refractivity contribution < 1.29 is 19.1 Å². The Labute approximate surface area is 99.0 Å². The number of hydrogen-bond donors (Lipinski definition) is 3. The van der Waals surface area contributed by atoms with Crippen LogP contribution in [-0.4, -0.2) is 30.0 Å². The van der Waals surface area contributed by atoms with Gasteiger partial charge in [0.1, 0.15) is 17.6 Å². The van der Waals surface area contributed by atoms with Crippen LogP contribution in [0.15, 0.2) is 16.5 Å². The average molecular weight is 240 g/mol. The third-order valence-corrected chi connectivity index (χ3v) is 2.09. The molecule has 2 amide bonds. The molecule has 1 aromatic rings. The van der Waals surface area contributed by atoms with E-state index in [4.69, 9.17) is 4.42 Å². The third-order valence-electron chi connectivity index (χ3n) is 2.09. The van der Waals surface area contributed by atoms with E-state index in [1.165, 1.54) is 0 Å². The lowest BCUT2D eigenvalue weighted by atomic mass is 10.2. The van der Waals surface area contributed by atoms with Gasteiger partial charge in [-0.15, -0.1) is 0 Å². The van der Waals surface area contributed by atoms with Gasteiger partial charge in [0.05, 0.1) is 6.54 Å². The second-order valence-electron chi connectivity index (χ2n) is 3.53. The zero-order chi connectivity index (χ0) is 12.8. The van der Waals surface area contributed by atoms with Crippen LogP contribution < -0.4 is 10.6 Å². The van der Waals surface area contributed by atoms with Gasteiger partial charge in [-0.25, -0.2) is 0 Å². The van der Waals surface area contributed by atoms with Crippen LogP contribution in [0.1, 0.15) is 24.5 Å². The maximum Gasteiger partial charge on any atom is 0.309 e. The number of likely N-dealkylation sites (N-methyl/N-ethyl adjacent to an activating group) is 1. The highest BCUT2D eigenvalue weighted by Gasteiger charge is 2.16. The van der Waals surface area contributed by atoms with Gasteiger partial charge in [-0.1, -0.05) is 0 Å². The minimum atomic E-state index is -0.956. The lowest BCUT2D eigenvalue weighted by Crippen LogP contribution is -2.41. The third kappa shape index (κ3) is 3.92. The number of carbonyl (C=O) groups is 2. The maximum atomic E-state index is 11.2. The fourth-order valence-electron chi connectivity index (χ4n) is 1.24. The number of aliphatic hydroxyl groups excluding tert-OH is 1. The highest BCUT2D eigenvalue weighted by atomic mass is 16.4. The van der Waals surface area contributed by atoms with Crippen LogP contribution in [0.25, 0.3) is 0 Å². The summed E-state index contributed by atoms with van der Waals surface area (Å²) in [6, 6.07) is 3.34. The smallest absolute Gasteiger partial charge is 0.309 e. The van der Waals surface area contributed by atoms with Crippen molar-refractivity contribution >= 4 is 11.8 Å². The van der Waals surface area contributed by atoms with Crippen LogP contribution in [0, 0.1) is 6.92 Å². The second kappa shape index (κ2) is 6.05. The van der Waals surface area contributed by atoms with Gasteiger partial charge in [-0.05, 0) is 26.0 Å². The zero-order valence-electron chi connectivity index (χ0n) is 9.82. The van der Waals surface area contributed by atoms with E-state index in [1.807, 2.05) is 0 Å². The molecule has 3 N–H and O–H groups in total. The predicted octanol–water partition coefficient (Wildman–Crippen LogP) is -0.126. The fourth-order valence-corrected chi connectivity index (χ4v) is 1.24. The zero-order valence-corrected chi connectivity index (χ0v) is 9.82. The van der Waals surface area contributed by atoms with Crippen LogP contribution in [0.3, 0.4) is 0 Å². The Morgan fingerprint density at radius 3 is 2.53 bits per heavy atom. The standard InChI is InChI=1S/C11H16N2O4/c1-3-12-10(15)11(16)13-6-8(14)9-5-4-7(2)17-9/h4-5,8,14H,3,6H2,1-2H3,(H,12,15)(H,13,16). The van der Waals surface area contributed by atoms with E-state index in [0.717, 1.165) is 0 Å². The van der Waals surface area contributed by atoms with E-state index < -0.39 is 17.9 Å². The molecule has 0 saturated heterocycles. The van der Waals surface area contributed by atoms with Crippen molar-refractivity contribution in [3.05, 3.63) is 23.7 Å². The number of aryl methyl sites for hydroxylation is 1. The molecule has 0 fully saturated rings. The van der Waals surface area contributed by atoms with Gasteiger partial charge in [0.15, 0.2) is 0 Å². The number of aliphatic hydroxyl groups is 1. The highest BCUT2D eigenvalue weighted by Crippen LogP contribution is 2.14. The van der Waals surface area contributed by atoms with Crippen molar-refractivity contribution in [2.24, 2.45) is 0 Å². The summed E-state index contributed by atoms with van der Waals surface area (Å²) in [6.07, 6.45) is -0.956. The number of carbonyl (C=O) groups excluding carboxylic acids is 2. The van der Waals surface area contributed by atoms with Crippen LogP contribution >= 0.6 is 0 Å². The first kappa shape index (κ1) is 13.2. The molecule has 1 heterocycles. The van der Waals surface area contributed by atoms with Crippen LogP contribution in [0.2, 0.25) is 0 Å². The first-order valence-electron chi connectivity index (χ1n) is 5.35. The molecule has 0 aliphatic carbocycles. The number of furan rings is 1. The van der Waals surface area contributed by atoms with Crippen molar-refractivity contribution in [2.75, 3.05) is 13.1 Å². The first-order valence-corrected chi connectivity index (χ1v) is 5.35. The average Bonchev–Trinajstić information content (AvgIpc) is 2.72. The molecular formula is C11H16N2O4. The Morgan fingerprint density at radius 2 is 2.00 bits per heavy atom. The van der Waals surface area contributed by atoms with Crippen molar-refractivity contribution in [3.63, 3.8) is 0 Å². The molecule has 17 heavy (non-hydrogen) atoms. The summed E-state index contributed by atoms with van der Waals surface area (Å²) in [7, 11) is 0. The van der Waals surface area contributed by atoms with Gasteiger partial charge in [0, 0.05) is 6.54 Å². The van der Waals surface area contributed by atoms with Gasteiger partial charge in [0.25, 0.3) is 0 Å². The molecule has 0 radical (unpaired) electrons. The fraction of sp³-hybridized carbons (Fsp3) is 0.455. The van der Waals surface area contributed by atoms with E-state index >= 15 is 0 Å². The topological polar surface area (TPSA) is 91.6 Å². The SMILES string of the molecule is CCNC(=O)C(=O)NCC(O)c1ccc(C)o1. The van der Waals surface area contributed by atoms with Crippen LogP contribution in [0.5, 0.6) is 0 Å². The Morgan fingerprint density at radius 1 is 1.35 bits per heavy atom. The van der Waals surface area contributed by atoms with E-state index in [9.17, 15) is 14.7 Å². The van der Waals surface area contributed by atoms with E-state index in [0.29, 0.717) is 18.1 Å². The molecular weight excluding hydrogens is 224 g/mol. The Kier molecular flexibility index (Phi) is 4.71. The molecule has 0 bridgehead atoms. The van der Waals surface area contributed by atoms with Crippen molar-refractivity contribution in [1.82, 2.24) is 10.6 Å². The van der Waals surface area contributed by atoms with E-state index in [2.05, 4.69) is 10.6 Å². The van der Waals surface area contributed by atoms with Gasteiger partial charge in [0.2, 0.25) is 0 Å². The molecule has 94 valence electrons. The van der Waals surface area contributed by atoms with Crippen LogP contribution in [0.4, 0.5) is 0 Å². The number of hydrogen-bond acceptors (Lipinski definition) is 4. The summed E-state index contributed by atoms with van der Waals surface area (Å²) >= 11 is 0. The Balaban J connectivity index is 2.40. The molecule has 1 atom stereocenters. The second-order valence-corrected chi connectivity index (χ2v) is 3.53. The quantitative estimate of drug-likeness (QED) is 0.639. The summed E-state index contributed by atoms with van der Waals surface area (Å²) in [5.41, 5.74) is 0. The molecule has 1 unspecified atom stereocenters. The first-order chi connectivity index (χ1) is 8.04. The number of amides is 2. The molecule has 0 aliphatic rings. The molecule has 0 saturated carbocycles. The van der Waals surface area contributed by atoms with Crippen LogP contribution in [-0.2, 0) is 9.59 Å². The molecule has 0 aliphatic heterocycles. The van der Waals surface area contributed by atoms with E-state index in [1.54, 1.807) is 26.0 Å². The highest BCUT2D eigenvalue weighted by molar-refractivity contribution is 6.35. The van der Waals surface area contributed by atoms with Gasteiger partial charge < -0.3 is 20.2 Å². The lowest BCUT2D eigenvalue weighted by Gasteiger charge is -2.09. The lowest BCUT2D eigenvalue weighted by molar-refractivity contribution is -0.139. The minimum absolute atomic E-state index is 0.0665. The predicted molar refractivity (Wildman–Crippen MR) is 60.1 cm³/mol. The molecule has 6 heteroatoms. The Hall–Kier alpha value is -1.82. The van der Waals surface area contributed by atoms with Gasteiger partial charge in [-0.2, -0.15) is 0 Å². The summed E-state index contributed by atoms with van der Waals surface area (Å²) in [5, 5.41) is 14.3. The molecule has 0 spiro atoms.